The molecule has 7 nitrogen and oxygen atoms in total. The number of piperazine rings is 1. The highest BCUT2D eigenvalue weighted by atomic mass is 16.6. The van der Waals surface area contributed by atoms with Crippen LogP contribution in [0.4, 0.5) is 11.4 Å². The number of hydrogen-bond acceptors (Lipinski definition) is 5. The van der Waals surface area contributed by atoms with E-state index in [1.807, 2.05) is 6.07 Å². The van der Waals surface area contributed by atoms with Crippen LogP contribution in [0.5, 0.6) is 0 Å². The Balaban J connectivity index is 1.62. The molecule has 29 heavy (non-hydrogen) atoms. The SMILES string of the molecule is CC(C)CNC(=O)[C@H]1Cc2cc([N+](=O)[O-])ccc2N2CCN(C3CCCC3)C[C@@H]12. The first-order valence-corrected chi connectivity index (χ1v) is 11.0. The number of nitro benzene ring substituents is 1. The lowest BCUT2D eigenvalue weighted by Crippen LogP contribution is -2.62. The highest BCUT2D eigenvalue weighted by molar-refractivity contribution is 5.82. The fourth-order valence-electron chi connectivity index (χ4n) is 5.28. The Morgan fingerprint density at radius 1 is 1.28 bits per heavy atom. The molecule has 0 unspecified atom stereocenters. The predicted octanol–water partition coefficient (Wildman–Crippen LogP) is 2.97. The van der Waals surface area contributed by atoms with Gasteiger partial charge < -0.3 is 10.2 Å². The van der Waals surface area contributed by atoms with Crippen molar-refractivity contribution in [2.75, 3.05) is 31.1 Å². The molecule has 0 spiro atoms. The lowest BCUT2D eigenvalue weighted by atomic mass is 9.82. The maximum Gasteiger partial charge on any atom is 0.269 e. The number of nitrogens with one attached hydrogen (secondary N) is 1. The minimum Gasteiger partial charge on any atom is -0.365 e. The van der Waals surface area contributed by atoms with E-state index in [2.05, 4.69) is 29.0 Å². The van der Waals surface area contributed by atoms with Crippen molar-refractivity contribution in [2.24, 2.45) is 11.8 Å². The minimum absolute atomic E-state index is 0.0825. The molecule has 2 fully saturated rings. The molecule has 2 heterocycles. The molecular formula is C22H32N4O3. The molecule has 2 atom stereocenters. The molecule has 4 rings (SSSR count). The Hall–Kier alpha value is -2.15. The normalized spacial score (nSPS) is 25.0. The number of carbonyl (C=O) groups excluding carboxylic acids is 1. The third-order valence-corrected chi connectivity index (χ3v) is 6.80. The van der Waals surface area contributed by atoms with Crippen LogP contribution in [0.1, 0.15) is 45.1 Å². The average Bonchev–Trinajstić information content (AvgIpc) is 3.25. The standard InChI is InChI=1S/C22H32N4O3/c1-15(2)13-23-22(27)19-12-16-11-18(26(28)29)7-8-20(16)25-10-9-24(14-21(19)25)17-5-3-4-6-17/h7-8,11,15,17,19,21H,3-6,9-10,12-14H2,1-2H3,(H,23,27)/t19-,21-/m0/s1. The van der Waals surface area contributed by atoms with E-state index in [1.165, 1.54) is 25.7 Å². The Morgan fingerprint density at radius 3 is 2.72 bits per heavy atom. The van der Waals surface area contributed by atoms with Crippen LogP contribution in [-0.4, -0.2) is 54.0 Å². The fourth-order valence-corrected chi connectivity index (χ4v) is 5.28. The van der Waals surface area contributed by atoms with E-state index in [4.69, 9.17) is 0 Å². The summed E-state index contributed by atoms with van der Waals surface area (Å²) in [4.78, 5) is 29.0. The number of rotatable bonds is 5. The molecule has 1 N–H and O–H groups in total. The third-order valence-electron chi connectivity index (χ3n) is 6.80. The molecule has 1 aromatic rings. The van der Waals surface area contributed by atoms with Crippen molar-refractivity contribution in [2.45, 2.75) is 58.0 Å². The summed E-state index contributed by atoms with van der Waals surface area (Å²) >= 11 is 0. The van der Waals surface area contributed by atoms with Crippen LogP contribution in [0.25, 0.3) is 0 Å². The smallest absolute Gasteiger partial charge is 0.269 e. The highest BCUT2D eigenvalue weighted by Crippen LogP contribution is 2.39. The molecule has 0 bridgehead atoms. The molecule has 2 aliphatic heterocycles. The molecule has 1 saturated heterocycles. The van der Waals surface area contributed by atoms with Gasteiger partial charge >= 0.3 is 0 Å². The van der Waals surface area contributed by atoms with Crippen LogP contribution in [0.15, 0.2) is 18.2 Å². The van der Waals surface area contributed by atoms with Gasteiger partial charge in [-0.25, -0.2) is 0 Å². The molecule has 1 amide bonds. The summed E-state index contributed by atoms with van der Waals surface area (Å²) in [5.41, 5.74) is 2.10. The van der Waals surface area contributed by atoms with Gasteiger partial charge in [-0.1, -0.05) is 26.7 Å². The van der Waals surface area contributed by atoms with Gasteiger partial charge in [0.25, 0.3) is 5.69 Å². The van der Waals surface area contributed by atoms with Gasteiger partial charge in [0.15, 0.2) is 0 Å². The predicted molar refractivity (Wildman–Crippen MR) is 113 cm³/mol. The van der Waals surface area contributed by atoms with Gasteiger partial charge in [-0.05, 0) is 36.8 Å². The van der Waals surface area contributed by atoms with Gasteiger partial charge in [-0.2, -0.15) is 0 Å². The van der Waals surface area contributed by atoms with Crippen molar-refractivity contribution in [3.63, 3.8) is 0 Å². The number of nitrogens with zero attached hydrogens (tertiary/aromatic N) is 3. The molecule has 1 saturated carbocycles. The summed E-state index contributed by atoms with van der Waals surface area (Å²) in [6.07, 6.45) is 5.71. The van der Waals surface area contributed by atoms with Crippen molar-refractivity contribution >= 4 is 17.3 Å². The molecule has 0 radical (unpaired) electrons. The van der Waals surface area contributed by atoms with Gasteiger partial charge in [0.05, 0.1) is 16.9 Å². The number of carbonyl (C=O) groups is 1. The Morgan fingerprint density at radius 2 is 2.03 bits per heavy atom. The first-order chi connectivity index (χ1) is 13.9. The van der Waals surface area contributed by atoms with Crippen LogP contribution in [0.2, 0.25) is 0 Å². The molecule has 0 aromatic heterocycles. The summed E-state index contributed by atoms with van der Waals surface area (Å²) in [6, 6.07) is 5.92. The van der Waals surface area contributed by atoms with Gasteiger partial charge in [0.2, 0.25) is 5.91 Å². The topological polar surface area (TPSA) is 78.7 Å². The first-order valence-electron chi connectivity index (χ1n) is 11.0. The fraction of sp³-hybridized carbons (Fsp3) is 0.682. The van der Waals surface area contributed by atoms with E-state index in [0.29, 0.717) is 24.9 Å². The Bertz CT molecular complexity index is 775. The summed E-state index contributed by atoms with van der Waals surface area (Å²) < 4.78 is 0. The van der Waals surface area contributed by atoms with E-state index in [0.717, 1.165) is 30.9 Å². The minimum atomic E-state index is -0.349. The second-order valence-electron chi connectivity index (χ2n) is 9.21. The second kappa shape index (κ2) is 8.30. The van der Waals surface area contributed by atoms with Crippen LogP contribution >= 0.6 is 0 Å². The Labute approximate surface area is 172 Å². The van der Waals surface area contributed by atoms with Gasteiger partial charge in [-0.15, -0.1) is 0 Å². The largest absolute Gasteiger partial charge is 0.365 e. The van der Waals surface area contributed by atoms with Crippen molar-refractivity contribution in [1.29, 1.82) is 0 Å². The summed E-state index contributed by atoms with van der Waals surface area (Å²) in [7, 11) is 0. The zero-order chi connectivity index (χ0) is 20.5. The van der Waals surface area contributed by atoms with Crippen LogP contribution in [0, 0.1) is 22.0 Å². The van der Waals surface area contributed by atoms with Crippen molar-refractivity contribution in [1.82, 2.24) is 10.2 Å². The zero-order valence-corrected chi connectivity index (χ0v) is 17.5. The van der Waals surface area contributed by atoms with Crippen LogP contribution in [-0.2, 0) is 11.2 Å². The number of nitro groups is 1. The zero-order valence-electron chi connectivity index (χ0n) is 17.5. The number of anilines is 1. The van der Waals surface area contributed by atoms with Crippen LogP contribution in [0.3, 0.4) is 0 Å². The number of non-ortho nitro benzene ring substituents is 1. The lowest BCUT2D eigenvalue weighted by Gasteiger charge is -2.50. The lowest BCUT2D eigenvalue weighted by molar-refractivity contribution is -0.384. The third kappa shape index (κ3) is 4.10. The molecule has 3 aliphatic rings. The van der Waals surface area contributed by atoms with Crippen molar-refractivity contribution < 1.29 is 9.72 Å². The van der Waals surface area contributed by atoms with E-state index in [1.54, 1.807) is 12.1 Å². The number of hydrogen-bond donors (Lipinski definition) is 1. The van der Waals surface area contributed by atoms with Gasteiger partial charge in [0.1, 0.15) is 0 Å². The molecule has 7 heteroatoms. The summed E-state index contributed by atoms with van der Waals surface area (Å²) in [5.74, 6) is 0.306. The quantitative estimate of drug-likeness (QED) is 0.607. The molecule has 1 aromatic carbocycles. The number of amides is 1. The van der Waals surface area contributed by atoms with Gasteiger partial charge in [-0.3, -0.25) is 19.8 Å². The molecule has 1 aliphatic carbocycles. The monoisotopic (exact) mass is 400 g/mol. The van der Waals surface area contributed by atoms with Crippen molar-refractivity contribution in [3.05, 3.63) is 33.9 Å². The number of benzene rings is 1. The Kier molecular flexibility index (Phi) is 5.76. The van der Waals surface area contributed by atoms with E-state index in [-0.39, 0.29) is 28.5 Å². The second-order valence-corrected chi connectivity index (χ2v) is 9.21. The van der Waals surface area contributed by atoms with E-state index in [9.17, 15) is 14.9 Å². The van der Waals surface area contributed by atoms with E-state index < -0.39 is 0 Å². The average molecular weight is 401 g/mol. The van der Waals surface area contributed by atoms with Crippen molar-refractivity contribution in [3.8, 4) is 0 Å². The first kappa shape index (κ1) is 20.1. The van der Waals surface area contributed by atoms with E-state index >= 15 is 0 Å². The number of fused-ring (bicyclic) bond motifs is 3. The summed E-state index contributed by atoms with van der Waals surface area (Å²) in [5, 5.41) is 14.4. The maximum absolute atomic E-state index is 13.1. The maximum atomic E-state index is 13.1. The molecular weight excluding hydrogens is 368 g/mol. The van der Waals surface area contributed by atoms with Crippen LogP contribution < -0.4 is 10.2 Å². The summed E-state index contributed by atoms with van der Waals surface area (Å²) in [6.45, 7) is 7.62. The highest BCUT2D eigenvalue weighted by Gasteiger charge is 2.43. The molecule has 158 valence electrons. The van der Waals surface area contributed by atoms with Gasteiger partial charge in [0, 0.05) is 50.0 Å².